The van der Waals surface area contributed by atoms with E-state index in [1.807, 2.05) is 32.2 Å². The number of hydrogen-bond donors (Lipinski definition) is 1. The maximum atomic E-state index is 13.2. The van der Waals surface area contributed by atoms with E-state index in [0.717, 1.165) is 23.9 Å². The van der Waals surface area contributed by atoms with Crippen LogP contribution in [0.25, 0.3) is 16.6 Å². The third kappa shape index (κ3) is 4.32. The second-order valence-corrected chi connectivity index (χ2v) is 8.85. The highest BCUT2D eigenvalue weighted by Crippen LogP contribution is 2.41. The molecule has 1 N–H and O–H groups in total. The fraction of sp³-hybridized carbons (Fsp3) is 0.417. The largest absolute Gasteiger partial charge is 0.496 e. The van der Waals surface area contributed by atoms with Gasteiger partial charge >= 0.3 is 6.61 Å². The number of aliphatic hydroxyl groups is 1. The SMILES string of the molecule is COc1cc(-c2cnn3cc(C(C)(C)CO)ccc23)cc(OC(F)F)c1C(=O)CC1CC1. The summed E-state index contributed by atoms with van der Waals surface area (Å²) >= 11 is 0. The molecule has 2 heterocycles. The summed E-state index contributed by atoms with van der Waals surface area (Å²) in [5, 5.41) is 14.0. The Balaban J connectivity index is 1.81. The molecule has 0 saturated heterocycles. The predicted molar refractivity (Wildman–Crippen MR) is 116 cm³/mol. The Hall–Kier alpha value is -3.00. The van der Waals surface area contributed by atoms with Crippen LogP contribution in [0.1, 0.15) is 49.0 Å². The molecule has 0 amide bonds. The molecule has 1 saturated carbocycles. The Morgan fingerprint density at radius 3 is 2.62 bits per heavy atom. The molecule has 32 heavy (non-hydrogen) atoms. The van der Waals surface area contributed by atoms with Gasteiger partial charge < -0.3 is 14.6 Å². The van der Waals surface area contributed by atoms with E-state index < -0.39 is 12.0 Å². The topological polar surface area (TPSA) is 73.1 Å². The Kier molecular flexibility index (Phi) is 5.90. The Bertz CT molecular complexity index is 1150. The van der Waals surface area contributed by atoms with Gasteiger partial charge in [0.2, 0.25) is 0 Å². The molecule has 1 aromatic carbocycles. The van der Waals surface area contributed by atoms with Crippen molar-refractivity contribution in [3.8, 4) is 22.6 Å². The highest BCUT2D eigenvalue weighted by molar-refractivity contribution is 6.02. The molecule has 1 aliphatic carbocycles. The number of ether oxygens (including phenoxy) is 2. The molecule has 0 radical (unpaired) electrons. The summed E-state index contributed by atoms with van der Waals surface area (Å²) in [6.45, 7) is 0.757. The van der Waals surface area contributed by atoms with Crippen molar-refractivity contribution in [3.63, 3.8) is 0 Å². The standard InChI is InChI=1S/C24H26F2N2O4/c1-24(2,13-29)16-6-7-18-17(11-27-28(18)12-16)15-9-20(31-3)22(19(30)8-14-4-5-14)21(10-15)32-23(25)26/h6-7,9-12,14,23,29H,4-5,8,13H2,1-3H3. The normalized spacial score (nSPS) is 14.2. The van der Waals surface area contributed by atoms with E-state index in [-0.39, 0.29) is 35.9 Å². The molecule has 3 aromatic rings. The Morgan fingerprint density at radius 1 is 1.28 bits per heavy atom. The number of fused-ring (bicyclic) bond motifs is 1. The van der Waals surface area contributed by atoms with Crippen LogP contribution >= 0.6 is 0 Å². The first kappa shape index (κ1) is 22.2. The van der Waals surface area contributed by atoms with Crippen LogP contribution in [0.3, 0.4) is 0 Å². The molecule has 2 aromatic heterocycles. The van der Waals surface area contributed by atoms with Crippen LogP contribution in [0.15, 0.2) is 36.7 Å². The fourth-order valence-corrected chi connectivity index (χ4v) is 3.75. The lowest BCUT2D eigenvalue weighted by Crippen LogP contribution is -2.22. The molecule has 0 atom stereocenters. The Morgan fingerprint density at radius 2 is 2.00 bits per heavy atom. The average Bonchev–Trinajstić information content (AvgIpc) is 3.47. The number of pyridine rings is 1. The van der Waals surface area contributed by atoms with Gasteiger partial charge in [0, 0.05) is 23.6 Å². The summed E-state index contributed by atoms with van der Waals surface area (Å²) in [6, 6.07) is 6.86. The molecular weight excluding hydrogens is 418 g/mol. The molecule has 0 spiro atoms. The zero-order chi connectivity index (χ0) is 23.0. The third-order valence-corrected chi connectivity index (χ3v) is 5.96. The van der Waals surface area contributed by atoms with E-state index in [1.165, 1.54) is 13.2 Å². The predicted octanol–water partition coefficient (Wildman–Crippen LogP) is 4.86. The van der Waals surface area contributed by atoms with Crippen LogP contribution in [0.5, 0.6) is 11.5 Å². The van der Waals surface area contributed by atoms with Crippen molar-refractivity contribution in [2.24, 2.45) is 5.92 Å². The number of nitrogens with zero attached hydrogens (tertiary/aromatic N) is 2. The van der Waals surface area contributed by atoms with Gasteiger partial charge in [-0.3, -0.25) is 4.79 Å². The number of aliphatic hydroxyl groups excluding tert-OH is 1. The van der Waals surface area contributed by atoms with Crippen molar-refractivity contribution in [2.45, 2.75) is 45.1 Å². The van der Waals surface area contributed by atoms with Gasteiger partial charge in [-0.2, -0.15) is 13.9 Å². The van der Waals surface area contributed by atoms with Crippen LogP contribution in [-0.2, 0) is 5.41 Å². The minimum absolute atomic E-state index is 0.0193. The quantitative estimate of drug-likeness (QED) is 0.477. The number of aromatic nitrogens is 2. The summed E-state index contributed by atoms with van der Waals surface area (Å²) in [7, 11) is 1.40. The molecule has 1 fully saturated rings. The fourth-order valence-electron chi connectivity index (χ4n) is 3.75. The van der Waals surface area contributed by atoms with Gasteiger partial charge in [0.1, 0.15) is 17.1 Å². The molecule has 6 nitrogen and oxygen atoms in total. The number of ketones is 1. The van der Waals surface area contributed by atoms with E-state index >= 15 is 0 Å². The number of carbonyl (C=O) groups is 1. The molecule has 0 bridgehead atoms. The Labute approximate surface area is 184 Å². The third-order valence-electron chi connectivity index (χ3n) is 5.96. The molecule has 0 aliphatic heterocycles. The van der Waals surface area contributed by atoms with E-state index in [1.54, 1.807) is 16.8 Å². The number of carbonyl (C=O) groups excluding carboxylic acids is 1. The monoisotopic (exact) mass is 444 g/mol. The first-order valence-electron chi connectivity index (χ1n) is 10.5. The number of halogens is 2. The second kappa shape index (κ2) is 8.50. The average molecular weight is 444 g/mol. The van der Waals surface area contributed by atoms with Gasteiger partial charge in [-0.1, -0.05) is 19.9 Å². The maximum absolute atomic E-state index is 13.2. The van der Waals surface area contributed by atoms with Crippen molar-refractivity contribution in [1.29, 1.82) is 0 Å². The van der Waals surface area contributed by atoms with Crippen LogP contribution in [0.4, 0.5) is 8.78 Å². The molecule has 4 rings (SSSR count). The van der Waals surface area contributed by atoms with E-state index in [2.05, 4.69) is 5.10 Å². The zero-order valence-electron chi connectivity index (χ0n) is 18.3. The van der Waals surface area contributed by atoms with Gasteiger partial charge in [0.05, 0.1) is 25.4 Å². The summed E-state index contributed by atoms with van der Waals surface area (Å²) < 4.78 is 38.2. The van der Waals surface area contributed by atoms with E-state index in [4.69, 9.17) is 9.47 Å². The zero-order valence-corrected chi connectivity index (χ0v) is 18.3. The number of benzene rings is 1. The number of Topliss-reactive ketones (excluding diaryl/α,β-unsaturated/α-hetero) is 1. The lowest BCUT2D eigenvalue weighted by atomic mass is 9.87. The second-order valence-electron chi connectivity index (χ2n) is 8.85. The smallest absolute Gasteiger partial charge is 0.387 e. The molecular formula is C24H26F2N2O4. The lowest BCUT2D eigenvalue weighted by Gasteiger charge is -2.22. The van der Waals surface area contributed by atoms with E-state index in [9.17, 15) is 18.7 Å². The van der Waals surface area contributed by atoms with Gasteiger partial charge in [-0.15, -0.1) is 0 Å². The van der Waals surface area contributed by atoms with Crippen molar-refractivity contribution in [2.75, 3.05) is 13.7 Å². The van der Waals surface area contributed by atoms with Crippen LogP contribution in [0, 0.1) is 5.92 Å². The summed E-state index contributed by atoms with van der Waals surface area (Å²) in [5.41, 5.74) is 2.48. The summed E-state index contributed by atoms with van der Waals surface area (Å²) in [6.07, 6.45) is 5.67. The molecule has 8 heteroatoms. The highest BCUT2D eigenvalue weighted by Gasteiger charge is 2.30. The summed E-state index contributed by atoms with van der Waals surface area (Å²) in [5.74, 6) is 0.0316. The number of methoxy groups -OCH3 is 1. The molecule has 0 unspecified atom stereocenters. The first-order valence-corrected chi connectivity index (χ1v) is 10.5. The number of hydrogen-bond acceptors (Lipinski definition) is 5. The van der Waals surface area contributed by atoms with Crippen LogP contribution < -0.4 is 9.47 Å². The minimum atomic E-state index is -3.07. The van der Waals surface area contributed by atoms with Gasteiger partial charge in [0.15, 0.2) is 5.78 Å². The first-order chi connectivity index (χ1) is 15.2. The minimum Gasteiger partial charge on any atom is -0.496 e. The van der Waals surface area contributed by atoms with Crippen molar-refractivity contribution >= 4 is 11.3 Å². The lowest BCUT2D eigenvalue weighted by molar-refractivity contribution is -0.0502. The van der Waals surface area contributed by atoms with Crippen LogP contribution in [0.2, 0.25) is 0 Å². The van der Waals surface area contributed by atoms with Crippen LogP contribution in [-0.4, -0.2) is 40.8 Å². The molecule has 170 valence electrons. The van der Waals surface area contributed by atoms with Crippen molar-refractivity contribution < 1.29 is 28.2 Å². The molecule has 1 aliphatic rings. The number of alkyl halides is 2. The highest BCUT2D eigenvalue weighted by atomic mass is 19.3. The maximum Gasteiger partial charge on any atom is 0.387 e. The van der Waals surface area contributed by atoms with E-state index in [0.29, 0.717) is 17.0 Å². The van der Waals surface area contributed by atoms with Gasteiger partial charge in [-0.05, 0) is 48.1 Å². The summed E-state index contributed by atoms with van der Waals surface area (Å²) in [4.78, 5) is 12.8. The van der Waals surface area contributed by atoms with Gasteiger partial charge in [-0.25, -0.2) is 4.52 Å². The van der Waals surface area contributed by atoms with Crippen molar-refractivity contribution in [3.05, 3.63) is 47.8 Å². The van der Waals surface area contributed by atoms with Crippen molar-refractivity contribution in [1.82, 2.24) is 9.61 Å². The number of rotatable bonds is 9. The van der Waals surface area contributed by atoms with Gasteiger partial charge in [0.25, 0.3) is 0 Å².